The van der Waals surface area contributed by atoms with Gasteiger partial charge in [0.25, 0.3) is 0 Å². The van der Waals surface area contributed by atoms with Gasteiger partial charge in [0.05, 0.1) is 11.0 Å². The number of aryl methyl sites for hydroxylation is 1. The molecule has 2 aromatic rings. The smallest absolute Gasteiger partial charge is 0.329 e. The zero-order valence-corrected chi connectivity index (χ0v) is 20.2. The maximum Gasteiger partial charge on any atom is 0.329 e. The van der Waals surface area contributed by atoms with Crippen LogP contribution in [-0.4, -0.2) is 33.2 Å². The van der Waals surface area contributed by atoms with Crippen molar-refractivity contribution in [2.24, 2.45) is 7.05 Å². The Morgan fingerprint density at radius 3 is 2.70 bits per heavy atom. The Kier molecular flexibility index (Phi) is 8.01. The summed E-state index contributed by atoms with van der Waals surface area (Å²) < 4.78 is 8.53. The molecule has 1 unspecified atom stereocenters. The van der Waals surface area contributed by atoms with Crippen LogP contribution < -0.4 is 11.0 Å². The van der Waals surface area contributed by atoms with E-state index in [1.807, 2.05) is 39.0 Å². The SMILES string of the molecule is Cn1c(=O)n(C2CCCCNC2=O)c2ccc(C#CCCCCCC(=O)OC(C)(C)C)cc21. The quantitative estimate of drug-likeness (QED) is 0.409. The van der Waals surface area contributed by atoms with Crippen LogP contribution in [0.5, 0.6) is 0 Å². The predicted molar refractivity (Wildman–Crippen MR) is 129 cm³/mol. The Morgan fingerprint density at radius 1 is 1.15 bits per heavy atom. The fourth-order valence-electron chi connectivity index (χ4n) is 4.13. The molecule has 7 heteroatoms. The second-order valence-corrected chi connectivity index (χ2v) is 9.67. The zero-order valence-electron chi connectivity index (χ0n) is 20.2. The minimum absolute atomic E-state index is 0.0855. The molecule has 0 saturated carbocycles. The number of benzene rings is 1. The number of imidazole rings is 1. The third-order valence-corrected chi connectivity index (χ3v) is 5.74. The molecule has 1 N–H and O–H groups in total. The number of ether oxygens (including phenoxy) is 1. The average Bonchev–Trinajstić information content (AvgIpc) is 2.87. The molecule has 1 saturated heterocycles. The van der Waals surface area contributed by atoms with Gasteiger partial charge >= 0.3 is 11.7 Å². The van der Waals surface area contributed by atoms with E-state index in [-0.39, 0.29) is 17.6 Å². The molecule has 2 heterocycles. The summed E-state index contributed by atoms with van der Waals surface area (Å²) in [7, 11) is 1.73. The first-order valence-corrected chi connectivity index (χ1v) is 11.9. The van der Waals surface area contributed by atoms with Gasteiger partial charge in [-0.05, 0) is 71.1 Å². The molecule has 1 aromatic carbocycles. The molecule has 0 radical (unpaired) electrons. The molecule has 178 valence electrons. The summed E-state index contributed by atoms with van der Waals surface area (Å²) in [4.78, 5) is 37.2. The summed E-state index contributed by atoms with van der Waals surface area (Å²) in [5.74, 6) is 6.13. The van der Waals surface area contributed by atoms with Crippen molar-refractivity contribution < 1.29 is 14.3 Å². The molecule has 0 bridgehead atoms. The standard InChI is InChI=1S/C26H35N3O4/c1-26(2,3)33-23(30)14-9-7-5-6-8-12-19-15-16-20-22(18-19)28(4)25(32)29(20)21-13-10-11-17-27-24(21)31/h15-16,18,21H,5-7,9-11,13-14,17H2,1-4H3,(H,27,31). The first-order chi connectivity index (χ1) is 15.7. The second-order valence-electron chi connectivity index (χ2n) is 9.67. The van der Waals surface area contributed by atoms with Crippen LogP contribution in [0.4, 0.5) is 0 Å². The van der Waals surface area contributed by atoms with E-state index in [4.69, 9.17) is 4.74 Å². The lowest BCUT2D eigenvalue weighted by molar-refractivity contribution is -0.154. The van der Waals surface area contributed by atoms with E-state index in [0.29, 0.717) is 19.4 Å². The number of hydrogen-bond acceptors (Lipinski definition) is 4. The Morgan fingerprint density at radius 2 is 1.94 bits per heavy atom. The van der Waals surface area contributed by atoms with Gasteiger partial charge in [-0.1, -0.05) is 18.3 Å². The number of nitrogens with one attached hydrogen (secondary N) is 1. The monoisotopic (exact) mass is 453 g/mol. The van der Waals surface area contributed by atoms with Crippen molar-refractivity contribution in [2.45, 2.75) is 83.8 Å². The fourth-order valence-corrected chi connectivity index (χ4v) is 4.13. The Hall–Kier alpha value is -3.01. The molecule has 1 aliphatic rings. The molecular formula is C26H35N3O4. The number of aromatic nitrogens is 2. The van der Waals surface area contributed by atoms with Crippen LogP contribution in [0.1, 0.15) is 83.7 Å². The number of unbranched alkanes of at least 4 members (excludes halogenated alkanes) is 3. The van der Waals surface area contributed by atoms with Gasteiger partial charge in [-0.3, -0.25) is 18.7 Å². The van der Waals surface area contributed by atoms with E-state index >= 15 is 0 Å². The van der Waals surface area contributed by atoms with Crippen LogP contribution in [0.2, 0.25) is 0 Å². The highest BCUT2D eigenvalue weighted by molar-refractivity contribution is 5.84. The first-order valence-electron chi connectivity index (χ1n) is 11.9. The van der Waals surface area contributed by atoms with E-state index in [9.17, 15) is 14.4 Å². The molecule has 0 spiro atoms. The highest BCUT2D eigenvalue weighted by atomic mass is 16.6. The summed E-state index contributed by atoms with van der Waals surface area (Å²) in [6.07, 6.45) is 6.33. The lowest BCUT2D eigenvalue weighted by Crippen LogP contribution is -2.36. The number of esters is 1. The normalized spacial score (nSPS) is 16.6. The molecule has 1 amide bonds. The number of carbonyl (C=O) groups excluding carboxylic acids is 2. The van der Waals surface area contributed by atoms with Gasteiger partial charge in [0.2, 0.25) is 5.91 Å². The van der Waals surface area contributed by atoms with E-state index in [1.165, 1.54) is 0 Å². The van der Waals surface area contributed by atoms with Gasteiger partial charge in [-0.15, -0.1) is 0 Å². The number of hydrogen-bond donors (Lipinski definition) is 1. The molecule has 7 nitrogen and oxygen atoms in total. The van der Waals surface area contributed by atoms with Crippen LogP contribution in [0, 0.1) is 11.8 Å². The minimum atomic E-state index is -0.471. The maximum absolute atomic E-state index is 12.9. The van der Waals surface area contributed by atoms with Crippen molar-refractivity contribution >= 4 is 22.9 Å². The van der Waals surface area contributed by atoms with E-state index in [1.54, 1.807) is 16.2 Å². The minimum Gasteiger partial charge on any atom is -0.460 e. The Bertz CT molecular complexity index is 1120. The van der Waals surface area contributed by atoms with E-state index in [0.717, 1.165) is 55.1 Å². The summed E-state index contributed by atoms with van der Waals surface area (Å²) >= 11 is 0. The van der Waals surface area contributed by atoms with Crippen LogP contribution in [0.3, 0.4) is 0 Å². The lowest BCUT2D eigenvalue weighted by atomic mass is 10.1. The topological polar surface area (TPSA) is 82.3 Å². The highest BCUT2D eigenvalue weighted by Crippen LogP contribution is 2.23. The number of rotatable bonds is 6. The molecule has 1 aromatic heterocycles. The van der Waals surface area contributed by atoms with Crippen LogP contribution in [0.15, 0.2) is 23.0 Å². The van der Waals surface area contributed by atoms with Crippen molar-refractivity contribution in [3.63, 3.8) is 0 Å². The number of carbonyl (C=O) groups is 2. The molecule has 1 aliphatic heterocycles. The van der Waals surface area contributed by atoms with Crippen molar-refractivity contribution in [1.29, 1.82) is 0 Å². The number of fused-ring (bicyclic) bond motifs is 1. The van der Waals surface area contributed by atoms with Crippen molar-refractivity contribution in [2.75, 3.05) is 6.54 Å². The molecular weight excluding hydrogens is 418 g/mol. The van der Waals surface area contributed by atoms with Gasteiger partial charge in [-0.2, -0.15) is 0 Å². The molecule has 1 fully saturated rings. The Balaban J connectivity index is 1.61. The average molecular weight is 454 g/mol. The summed E-state index contributed by atoms with van der Waals surface area (Å²) in [5, 5.41) is 2.91. The molecule has 33 heavy (non-hydrogen) atoms. The summed E-state index contributed by atoms with van der Waals surface area (Å²) in [6, 6.07) is 5.24. The van der Waals surface area contributed by atoms with Crippen LogP contribution >= 0.6 is 0 Å². The van der Waals surface area contributed by atoms with Gasteiger partial charge < -0.3 is 10.1 Å². The van der Waals surface area contributed by atoms with Gasteiger partial charge in [0, 0.05) is 32.0 Å². The van der Waals surface area contributed by atoms with Gasteiger partial charge in [0.15, 0.2) is 0 Å². The van der Waals surface area contributed by atoms with Crippen molar-refractivity contribution in [3.8, 4) is 11.8 Å². The Labute approximate surface area is 195 Å². The molecule has 1 atom stereocenters. The fraction of sp³-hybridized carbons (Fsp3) is 0.577. The van der Waals surface area contributed by atoms with E-state index < -0.39 is 11.6 Å². The third-order valence-electron chi connectivity index (χ3n) is 5.74. The van der Waals surface area contributed by atoms with Crippen molar-refractivity contribution in [1.82, 2.24) is 14.5 Å². The second kappa shape index (κ2) is 10.7. The molecule has 3 rings (SSSR count). The number of amides is 1. The first kappa shape index (κ1) is 24.6. The van der Waals surface area contributed by atoms with Gasteiger partial charge in [0.1, 0.15) is 11.6 Å². The largest absolute Gasteiger partial charge is 0.460 e. The van der Waals surface area contributed by atoms with Crippen LogP contribution in [0.25, 0.3) is 11.0 Å². The van der Waals surface area contributed by atoms with Gasteiger partial charge in [-0.25, -0.2) is 4.79 Å². The summed E-state index contributed by atoms with van der Waals surface area (Å²) in [6.45, 7) is 6.28. The lowest BCUT2D eigenvalue weighted by Gasteiger charge is -2.19. The summed E-state index contributed by atoms with van der Waals surface area (Å²) in [5.41, 5.74) is 1.77. The maximum atomic E-state index is 12.9. The van der Waals surface area contributed by atoms with Crippen molar-refractivity contribution in [3.05, 3.63) is 34.2 Å². The van der Waals surface area contributed by atoms with Crippen LogP contribution in [-0.2, 0) is 21.4 Å². The number of nitrogens with zero attached hydrogens (tertiary/aromatic N) is 2. The highest BCUT2D eigenvalue weighted by Gasteiger charge is 2.26. The zero-order chi connectivity index (χ0) is 24.0. The third kappa shape index (κ3) is 6.50. The molecule has 0 aliphatic carbocycles. The van der Waals surface area contributed by atoms with E-state index in [2.05, 4.69) is 17.2 Å². The predicted octanol–water partition coefficient (Wildman–Crippen LogP) is 3.82.